The Morgan fingerprint density at radius 1 is 0.821 bits per heavy atom. The van der Waals surface area contributed by atoms with Crippen LogP contribution in [0.15, 0.2) is 42.5 Å². The number of nitrogens with zero attached hydrogens (tertiary/aromatic N) is 1. The quantitative estimate of drug-likeness (QED) is 0.592. The Morgan fingerprint density at radius 3 is 2.32 bits per heavy atom. The van der Waals surface area contributed by atoms with Crippen molar-refractivity contribution in [1.29, 1.82) is 0 Å². The number of benzene rings is 2. The van der Waals surface area contributed by atoms with E-state index >= 15 is 0 Å². The van der Waals surface area contributed by atoms with Gasteiger partial charge in [0.25, 0.3) is 0 Å². The van der Waals surface area contributed by atoms with Gasteiger partial charge in [-0.2, -0.15) is 0 Å². The van der Waals surface area contributed by atoms with Crippen molar-refractivity contribution >= 4 is 24.8 Å². The average Bonchev–Trinajstić information content (AvgIpc) is 3.08. The van der Waals surface area contributed by atoms with Gasteiger partial charge in [0.1, 0.15) is 0 Å². The molecule has 0 bridgehead atoms. The molecule has 0 aromatic heterocycles. The first-order valence-electron chi connectivity index (χ1n) is 10.6. The highest BCUT2D eigenvalue weighted by molar-refractivity contribution is 5.85. The zero-order chi connectivity index (χ0) is 17.3. The highest BCUT2D eigenvalue weighted by Crippen LogP contribution is 2.42. The van der Waals surface area contributed by atoms with Crippen LogP contribution in [0, 0.1) is 5.92 Å². The smallest absolute Gasteiger partial charge is 0.0377 e. The summed E-state index contributed by atoms with van der Waals surface area (Å²) in [7, 11) is 0. The summed E-state index contributed by atoms with van der Waals surface area (Å²) in [5.41, 5.74) is 7.53. The summed E-state index contributed by atoms with van der Waals surface area (Å²) in [5.74, 6) is 0.837. The van der Waals surface area contributed by atoms with Gasteiger partial charge in [-0.25, -0.2) is 0 Å². The Labute approximate surface area is 181 Å². The van der Waals surface area contributed by atoms with Crippen LogP contribution in [0.25, 0.3) is 11.1 Å². The molecule has 1 saturated heterocycles. The molecule has 1 atom stereocenters. The lowest BCUT2D eigenvalue weighted by Gasteiger charge is -2.41. The SMILES string of the molecule is Cl.Cl.c1ccc2c(c1)Cc1cc([C@@H](C3CCCCC3)N3CCNCC3)ccc1-2. The molecule has 1 saturated carbocycles. The van der Waals surface area contributed by atoms with Gasteiger partial charge in [0.2, 0.25) is 0 Å². The molecule has 0 spiro atoms. The van der Waals surface area contributed by atoms with Crippen LogP contribution >= 0.6 is 24.8 Å². The number of nitrogens with one attached hydrogen (secondary N) is 1. The van der Waals surface area contributed by atoms with E-state index in [9.17, 15) is 0 Å². The topological polar surface area (TPSA) is 15.3 Å². The Kier molecular flexibility index (Phi) is 7.44. The maximum Gasteiger partial charge on any atom is 0.0377 e. The molecular weight excluding hydrogens is 387 g/mol. The van der Waals surface area contributed by atoms with E-state index < -0.39 is 0 Å². The van der Waals surface area contributed by atoms with Crippen molar-refractivity contribution in [2.45, 2.75) is 44.6 Å². The number of rotatable bonds is 3. The minimum absolute atomic E-state index is 0. The van der Waals surface area contributed by atoms with E-state index in [1.54, 1.807) is 11.1 Å². The van der Waals surface area contributed by atoms with E-state index in [4.69, 9.17) is 0 Å². The number of hydrogen-bond acceptors (Lipinski definition) is 2. The van der Waals surface area contributed by atoms with Crippen molar-refractivity contribution in [1.82, 2.24) is 10.2 Å². The first-order valence-corrected chi connectivity index (χ1v) is 10.6. The number of piperazine rings is 1. The molecule has 0 amide bonds. The summed E-state index contributed by atoms with van der Waals surface area (Å²) >= 11 is 0. The Morgan fingerprint density at radius 2 is 1.54 bits per heavy atom. The lowest BCUT2D eigenvalue weighted by Crippen LogP contribution is -2.47. The number of hydrogen-bond donors (Lipinski definition) is 1. The summed E-state index contributed by atoms with van der Waals surface area (Å²) in [5, 5.41) is 3.54. The third-order valence-electron chi connectivity index (χ3n) is 6.80. The van der Waals surface area contributed by atoms with Gasteiger partial charge in [-0.3, -0.25) is 4.90 Å². The van der Waals surface area contributed by atoms with Gasteiger partial charge in [-0.1, -0.05) is 61.7 Å². The summed E-state index contributed by atoms with van der Waals surface area (Å²) in [4.78, 5) is 2.77. The molecule has 0 unspecified atom stereocenters. The molecule has 0 radical (unpaired) electrons. The molecule has 2 nitrogen and oxygen atoms in total. The molecule has 2 aromatic rings. The van der Waals surface area contributed by atoms with Gasteiger partial charge in [0, 0.05) is 32.2 Å². The van der Waals surface area contributed by atoms with Crippen molar-refractivity contribution in [3.05, 3.63) is 59.2 Å². The Hall–Kier alpha value is -1.06. The lowest BCUT2D eigenvalue weighted by atomic mass is 9.79. The summed E-state index contributed by atoms with van der Waals surface area (Å²) in [6.45, 7) is 4.66. The van der Waals surface area contributed by atoms with Crippen LogP contribution in [0.4, 0.5) is 0 Å². The zero-order valence-corrected chi connectivity index (χ0v) is 18.2. The molecule has 3 aliphatic rings. The maximum absolute atomic E-state index is 3.54. The second-order valence-electron chi connectivity index (χ2n) is 8.38. The van der Waals surface area contributed by atoms with Crippen molar-refractivity contribution in [3.8, 4) is 11.1 Å². The van der Waals surface area contributed by atoms with Gasteiger partial charge >= 0.3 is 0 Å². The molecule has 152 valence electrons. The van der Waals surface area contributed by atoms with Crippen molar-refractivity contribution in [2.24, 2.45) is 5.92 Å². The second kappa shape index (κ2) is 9.63. The van der Waals surface area contributed by atoms with Crippen LogP contribution in [0.2, 0.25) is 0 Å². The van der Waals surface area contributed by atoms with E-state index in [0.29, 0.717) is 6.04 Å². The monoisotopic (exact) mass is 418 g/mol. The highest BCUT2D eigenvalue weighted by atomic mass is 35.5. The van der Waals surface area contributed by atoms with Crippen LogP contribution in [0.1, 0.15) is 54.8 Å². The minimum Gasteiger partial charge on any atom is -0.314 e. The Balaban J connectivity index is 0.00000112. The van der Waals surface area contributed by atoms with Gasteiger partial charge in [-0.05, 0) is 53.0 Å². The van der Waals surface area contributed by atoms with Crippen LogP contribution in [-0.4, -0.2) is 31.1 Å². The molecule has 5 rings (SSSR count). The van der Waals surface area contributed by atoms with Crippen LogP contribution in [-0.2, 0) is 6.42 Å². The molecule has 1 N–H and O–H groups in total. The van der Waals surface area contributed by atoms with Gasteiger partial charge in [0.15, 0.2) is 0 Å². The minimum atomic E-state index is 0. The molecule has 28 heavy (non-hydrogen) atoms. The lowest BCUT2D eigenvalue weighted by molar-refractivity contribution is 0.103. The fraction of sp³-hybridized carbons (Fsp3) is 0.500. The number of halogens is 2. The van der Waals surface area contributed by atoms with E-state index in [2.05, 4.69) is 52.7 Å². The van der Waals surface area contributed by atoms with Crippen molar-refractivity contribution in [2.75, 3.05) is 26.2 Å². The summed E-state index contributed by atoms with van der Waals surface area (Å²) < 4.78 is 0. The maximum atomic E-state index is 3.54. The zero-order valence-electron chi connectivity index (χ0n) is 16.5. The van der Waals surface area contributed by atoms with E-state index in [-0.39, 0.29) is 24.8 Å². The highest BCUT2D eigenvalue weighted by Gasteiger charge is 2.31. The predicted molar refractivity (Wildman–Crippen MR) is 123 cm³/mol. The molecule has 1 aliphatic heterocycles. The fourth-order valence-electron chi connectivity index (χ4n) is 5.54. The number of fused-ring (bicyclic) bond motifs is 3. The van der Waals surface area contributed by atoms with Crippen molar-refractivity contribution < 1.29 is 0 Å². The largest absolute Gasteiger partial charge is 0.314 e. The summed E-state index contributed by atoms with van der Waals surface area (Å²) in [6.07, 6.45) is 8.20. The molecule has 2 aromatic carbocycles. The first-order chi connectivity index (χ1) is 12.9. The van der Waals surface area contributed by atoms with Crippen LogP contribution in [0.3, 0.4) is 0 Å². The average molecular weight is 419 g/mol. The molecule has 2 fully saturated rings. The van der Waals surface area contributed by atoms with E-state index in [0.717, 1.165) is 25.4 Å². The molecule has 1 heterocycles. The van der Waals surface area contributed by atoms with E-state index in [1.165, 1.54) is 61.9 Å². The first kappa shape index (κ1) is 21.6. The Bertz CT molecular complexity index is 762. The van der Waals surface area contributed by atoms with E-state index in [1.807, 2.05) is 0 Å². The van der Waals surface area contributed by atoms with Gasteiger partial charge in [0.05, 0.1) is 0 Å². The standard InChI is InChI=1S/C24H30N2.2ClH/c1-2-6-18(7-3-1)24(26-14-12-25-13-15-26)20-10-11-23-21(17-20)16-19-8-4-5-9-22(19)23;;/h4-5,8-11,17-18,24-25H,1-3,6-7,12-16H2;2*1H/t24-;;/m1../s1. The summed E-state index contributed by atoms with van der Waals surface area (Å²) in [6, 6.07) is 17.0. The fourth-order valence-corrected chi connectivity index (χ4v) is 5.54. The van der Waals surface area contributed by atoms with Crippen LogP contribution < -0.4 is 5.32 Å². The van der Waals surface area contributed by atoms with Gasteiger partial charge < -0.3 is 5.32 Å². The molecule has 2 aliphatic carbocycles. The molecular formula is C24H32Cl2N2. The van der Waals surface area contributed by atoms with Crippen molar-refractivity contribution in [3.63, 3.8) is 0 Å². The van der Waals surface area contributed by atoms with Gasteiger partial charge in [-0.15, -0.1) is 24.8 Å². The predicted octanol–water partition coefficient (Wildman–Crippen LogP) is 5.63. The third kappa shape index (κ3) is 4.11. The normalized spacial score (nSPS) is 20.4. The molecule has 4 heteroatoms. The van der Waals surface area contributed by atoms with Crippen LogP contribution in [0.5, 0.6) is 0 Å². The third-order valence-corrected chi connectivity index (χ3v) is 6.80. The second-order valence-corrected chi connectivity index (χ2v) is 8.38.